The monoisotopic (exact) mass is 254 g/mol. The Morgan fingerprint density at radius 2 is 2.00 bits per heavy atom. The SMILES string of the molecule is Cc1ccc(C(O)C2CCCC(F)(F)C2)cc1C. The first-order chi connectivity index (χ1) is 8.39. The molecule has 1 nitrogen and oxygen atoms in total. The third-order valence-corrected chi connectivity index (χ3v) is 4.00. The van der Waals surface area contributed by atoms with E-state index in [0.717, 1.165) is 16.7 Å². The zero-order valence-electron chi connectivity index (χ0n) is 10.9. The Bertz CT molecular complexity index is 429. The lowest BCUT2D eigenvalue weighted by Gasteiger charge is -2.32. The first kappa shape index (κ1) is 13.5. The third-order valence-electron chi connectivity index (χ3n) is 4.00. The highest BCUT2D eigenvalue weighted by molar-refractivity contribution is 5.31. The van der Waals surface area contributed by atoms with E-state index in [1.54, 1.807) is 0 Å². The molecule has 100 valence electrons. The predicted octanol–water partition coefficient (Wildman–Crippen LogP) is 4.16. The van der Waals surface area contributed by atoms with Gasteiger partial charge in [-0.15, -0.1) is 0 Å². The van der Waals surface area contributed by atoms with Crippen LogP contribution < -0.4 is 0 Å². The molecule has 1 N–H and O–H groups in total. The van der Waals surface area contributed by atoms with Crippen molar-refractivity contribution in [2.75, 3.05) is 0 Å². The highest BCUT2D eigenvalue weighted by atomic mass is 19.3. The number of rotatable bonds is 2. The van der Waals surface area contributed by atoms with Crippen LogP contribution in [-0.2, 0) is 0 Å². The average Bonchev–Trinajstić information content (AvgIpc) is 2.30. The van der Waals surface area contributed by atoms with Gasteiger partial charge in [0.1, 0.15) is 0 Å². The molecule has 1 fully saturated rings. The normalized spacial score (nSPS) is 24.8. The molecule has 2 rings (SSSR count). The van der Waals surface area contributed by atoms with Crippen molar-refractivity contribution in [1.82, 2.24) is 0 Å². The Morgan fingerprint density at radius 1 is 1.28 bits per heavy atom. The van der Waals surface area contributed by atoms with Gasteiger partial charge in [-0.05, 0) is 49.3 Å². The van der Waals surface area contributed by atoms with E-state index in [9.17, 15) is 13.9 Å². The smallest absolute Gasteiger partial charge is 0.248 e. The van der Waals surface area contributed by atoms with E-state index >= 15 is 0 Å². The first-order valence-corrected chi connectivity index (χ1v) is 6.52. The maximum atomic E-state index is 13.4. The van der Waals surface area contributed by atoms with Crippen LogP contribution in [0.15, 0.2) is 18.2 Å². The summed E-state index contributed by atoms with van der Waals surface area (Å²) < 4.78 is 26.7. The van der Waals surface area contributed by atoms with Crippen molar-refractivity contribution >= 4 is 0 Å². The first-order valence-electron chi connectivity index (χ1n) is 6.52. The molecule has 0 aliphatic heterocycles. The van der Waals surface area contributed by atoms with Crippen molar-refractivity contribution in [2.45, 2.75) is 51.6 Å². The summed E-state index contributed by atoms with van der Waals surface area (Å²) in [6, 6.07) is 5.70. The minimum absolute atomic E-state index is 0.0385. The topological polar surface area (TPSA) is 20.2 Å². The van der Waals surface area contributed by atoms with Crippen LogP contribution in [0.4, 0.5) is 8.78 Å². The van der Waals surface area contributed by atoms with Gasteiger partial charge >= 0.3 is 0 Å². The Labute approximate surface area is 107 Å². The van der Waals surface area contributed by atoms with E-state index in [0.29, 0.717) is 12.8 Å². The zero-order valence-corrected chi connectivity index (χ0v) is 10.9. The molecule has 1 aromatic rings. The molecule has 0 saturated heterocycles. The number of aryl methyl sites for hydroxylation is 2. The van der Waals surface area contributed by atoms with Crippen LogP contribution >= 0.6 is 0 Å². The summed E-state index contributed by atoms with van der Waals surface area (Å²) >= 11 is 0. The van der Waals surface area contributed by atoms with Crippen LogP contribution in [0.25, 0.3) is 0 Å². The van der Waals surface area contributed by atoms with E-state index in [2.05, 4.69) is 0 Å². The fourth-order valence-electron chi connectivity index (χ4n) is 2.70. The van der Waals surface area contributed by atoms with Gasteiger partial charge < -0.3 is 5.11 Å². The van der Waals surface area contributed by atoms with Gasteiger partial charge in [0, 0.05) is 12.8 Å². The summed E-state index contributed by atoms with van der Waals surface area (Å²) in [5.41, 5.74) is 3.01. The van der Waals surface area contributed by atoms with Crippen LogP contribution in [0.3, 0.4) is 0 Å². The summed E-state index contributed by atoms with van der Waals surface area (Å²) in [5.74, 6) is -2.93. The summed E-state index contributed by atoms with van der Waals surface area (Å²) in [7, 11) is 0. The maximum Gasteiger partial charge on any atom is 0.248 e. The van der Waals surface area contributed by atoms with Gasteiger partial charge in [-0.1, -0.05) is 18.2 Å². The summed E-state index contributed by atoms with van der Waals surface area (Å²) in [6.45, 7) is 3.97. The number of aliphatic hydroxyl groups is 1. The maximum absolute atomic E-state index is 13.4. The van der Waals surface area contributed by atoms with Gasteiger partial charge in [-0.3, -0.25) is 0 Å². The van der Waals surface area contributed by atoms with Gasteiger partial charge in [-0.2, -0.15) is 0 Å². The molecular formula is C15H20F2O. The molecule has 0 aromatic heterocycles. The second kappa shape index (κ2) is 4.96. The highest BCUT2D eigenvalue weighted by Gasteiger charge is 2.39. The summed E-state index contributed by atoms with van der Waals surface area (Å²) in [4.78, 5) is 0. The molecule has 3 heteroatoms. The lowest BCUT2D eigenvalue weighted by molar-refractivity contribution is -0.0761. The number of aliphatic hydroxyl groups excluding tert-OH is 1. The molecule has 0 bridgehead atoms. The molecule has 2 atom stereocenters. The summed E-state index contributed by atoms with van der Waals surface area (Å²) in [6.07, 6.45) is 0.184. The van der Waals surface area contributed by atoms with Crippen molar-refractivity contribution in [3.63, 3.8) is 0 Å². The average molecular weight is 254 g/mol. The molecule has 2 unspecified atom stereocenters. The minimum Gasteiger partial charge on any atom is -0.388 e. The van der Waals surface area contributed by atoms with E-state index in [-0.39, 0.29) is 18.8 Å². The Kier molecular flexibility index (Phi) is 3.71. The molecule has 1 aliphatic rings. The molecule has 0 spiro atoms. The van der Waals surface area contributed by atoms with Crippen molar-refractivity contribution < 1.29 is 13.9 Å². The van der Waals surface area contributed by atoms with Crippen LogP contribution in [0.2, 0.25) is 0 Å². The standard InChI is InChI=1S/C15H20F2O/c1-10-5-6-12(8-11(10)2)14(18)13-4-3-7-15(16,17)9-13/h5-6,8,13-14,18H,3-4,7,9H2,1-2H3. The minimum atomic E-state index is -2.61. The molecule has 18 heavy (non-hydrogen) atoms. The van der Waals surface area contributed by atoms with E-state index < -0.39 is 12.0 Å². The lowest BCUT2D eigenvalue weighted by Crippen LogP contribution is -2.29. The number of benzene rings is 1. The van der Waals surface area contributed by atoms with Gasteiger partial charge in [0.15, 0.2) is 0 Å². The molecule has 1 aromatic carbocycles. The van der Waals surface area contributed by atoms with Gasteiger partial charge in [0.2, 0.25) is 5.92 Å². The summed E-state index contributed by atoms with van der Waals surface area (Å²) in [5, 5.41) is 10.3. The molecule has 0 amide bonds. The highest BCUT2D eigenvalue weighted by Crippen LogP contribution is 2.42. The third kappa shape index (κ3) is 2.89. The fourth-order valence-corrected chi connectivity index (χ4v) is 2.70. The second-order valence-corrected chi connectivity index (χ2v) is 5.50. The zero-order chi connectivity index (χ0) is 13.3. The largest absolute Gasteiger partial charge is 0.388 e. The Hall–Kier alpha value is -0.960. The van der Waals surface area contributed by atoms with Crippen LogP contribution in [-0.4, -0.2) is 11.0 Å². The molecule has 1 aliphatic carbocycles. The number of hydrogen-bond acceptors (Lipinski definition) is 1. The Balaban J connectivity index is 2.15. The van der Waals surface area contributed by atoms with Gasteiger partial charge in [0.05, 0.1) is 6.10 Å². The molecular weight excluding hydrogens is 234 g/mol. The molecule has 1 saturated carbocycles. The van der Waals surface area contributed by atoms with Crippen LogP contribution in [0.1, 0.15) is 48.5 Å². The van der Waals surface area contributed by atoms with E-state index in [1.807, 2.05) is 32.0 Å². The fraction of sp³-hybridized carbons (Fsp3) is 0.600. The van der Waals surface area contributed by atoms with Crippen LogP contribution in [0.5, 0.6) is 0 Å². The van der Waals surface area contributed by atoms with Crippen molar-refractivity contribution in [1.29, 1.82) is 0 Å². The lowest BCUT2D eigenvalue weighted by atomic mass is 9.80. The van der Waals surface area contributed by atoms with E-state index in [4.69, 9.17) is 0 Å². The van der Waals surface area contributed by atoms with Crippen molar-refractivity contribution in [3.05, 3.63) is 34.9 Å². The Morgan fingerprint density at radius 3 is 2.61 bits per heavy atom. The van der Waals surface area contributed by atoms with Gasteiger partial charge in [-0.25, -0.2) is 8.78 Å². The number of hydrogen-bond donors (Lipinski definition) is 1. The quantitative estimate of drug-likeness (QED) is 0.840. The number of halogens is 2. The number of alkyl halides is 2. The van der Waals surface area contributed by atoms with Gasteiger partial charge in [0.25, 0.3) is 0 Å². The van der Waals surface area contributed by atoms with E-state index in [1.165, 1.54) is 0 Å². The van der Waals surface area contributed by atoms with Crippen molar-refractivity contribution in [2.24, 2.45) is 5.92 Å². The predicted molar refractivity (Wildman–Crippen MR) is 67.8 cm³/mol. The van der Waals surface area contributed by atoms with Crippen molar-refractivity contribution in [3.8, 4) is 0 Å². The molecule has 0 heterocycles. The second-order valence-electron chi connectivity index (χ2n) is 5.50. The van der Waals surface area contributed by atoms with Crippen LogP contribution in [0, 0.1) is 19.8 Å². The molecule has 0 radical (unpaired) electrons.